The van der Waals surface area contributed by atoms with Gasteiger partial charge in [-0.2, -0.15) is 15.0 Å². The van der Waals surface area contributed by atoms with E-state index in [0.717, 1.165) is 28.8 Å². The Morgan fingerprint density at radius 3 is 2.52 bits per heavy atom. The van der Waals surface area contributed by atoms with Crippen LogP contribution in [-0.4, -0.2) is 50.6 Å². The fourth-order valence-electron chi connectivity index (χ4n) is 3.05. The zero-order valence-corrected chi connectivity index (χ0v) is 17.5. The highest BCUT2D eigenvalue weighted by atomic mass is 32.2. The van der Waals surface area contributed by atoms with Crippen LogP contribution in [0.1, 0.15) is 12.1 Å². The molecule has 0 saturated carbocycles. The number of nitrogens with zero attached hydrogens (tertiary/aromatic N) is 4. The molecule has 3 rings (SSSR count). The number of aromatic nitrogens is 4. The van der Waals surface area contributed by atoms with E-state index in [2.05, 4.69) is 10.2 Å². The van der Waals surface area contributed by atoms with Crippen molar-refractivity contribution in [1.29, 1.82) is 0 Å². The van der Waals surface area contributed by atoms with Gasteiger partial charge in [0.25, 0.3) is 11.5 Å². The molecule has 0 spiro atoms. The molecule has 10 nitrogen and oxygen atoms in total. The van der Waals surface area contributed by atoms with Crippen LogP contribution in [-0.2, 0) is 21.2 Å². The first-order chi connectivity index (χ1) is 14.6. The van der Waals surface area contributed by atoms with Crippen molar-refractivity contribution in [3.8, 4) is 16.8 Å². The number of hydrogen-bond donors (Lipinski definition) is 2. The predicted octanol–water partition coefficient (Wildman–Crippen LogP) is 0.852. The van der Waals surface area contributed by atoms with Crippen molar-refractivity contribution >= 4 is 15.7 Å². The summed E-state index contributed by atoms with van der Waals surface area (Å²) in [4.78, 5) is 25.4. The molecule has 0 fully saturated rings. The third-order valence-electron chi connectivity index (χ3n) is 4.64. The molecule has 12 heteroatoms. The van der Waals surface area contributed by atoms with Gasteiger partial charge in [0.1, 0.15) is 11.1 Å². The molecule has 2 heterocycles. The van der Waals surface area contributed by atoms with Gasteiger partial charge in [-0.05, 0) is 31.0 Å². The molecular weight excluding hydrogens is 429 g/mol. The van der Waals surface area contributed by atoms with Gasteiger partial charge >= 0.3 is 0 Å². The van der Waals surface area contributed by atoms with Crippen molar-refractivity contribution in [2.45, 2.75) is 25.1 Å². The summed E-state index contributed by atoms with van der Waals surface area (Å²) in [6.07, 6.45) is 3.09. The first kappa shape index (κ1) is 22.3. The van der Waals surface area contributed by atoms with E-state index >= 15 is 0 Å². The van der Waals surface area contributed by atoms with Crippen LogP contribution in [0.2, 0.25) is 0 Å². The molecule has 0 aliphatic rings. The molecule has 1 amide bonds. The maximum Gasteiger partial charge on any atom is 0.261 e. The summed E-state index contributed by atoms with van der Waals surface area (Å²) in [5, 5.41) is 15.4. The zero-order chi connectivity index (χ0) is 22.8. The minimum absolute atomic E-state index is 0.0742. The van der Waals surface area contributed by atoms with E-state index in [0.29, 0.717) is 11.3 Å². The minimum atomic E-state index is -3.84. The molecule has 164 valence electrons. The monoisotopic (exact) mass is 449 g/mol. The SMILES string of the molecule is Cc1cnn(-c2ccc(-c3cc(=O)n(CC[C@H](C(=O)NO)S(C)(=O)=O)cc3F)cc2)n1. The number of nitrogens with one attached hydrogen (secondary N) is 1. The van der Waals surface area contributed by atoms with Gasteiger partial charge in [0.2, 0.25) is 0 Å². The standard InChI is InChI=1S/C19H20FN5O5S/c1-12-10-21-25(22-12)14-5-3-13(4-6-14)15-9-18(26)24(11-16(15)20)8-7-17(19(27)23-28)31(2,29)30/h3-6,9-11,17,28H,7-8H2,1-2H3,(H,23,27)/t17-/m1/s1. The van der Waals surface area contributed by atoms with Crippen LogP contribution in [0.4, 0.5) is 4.39 Å². The molecule has 1 atom stereocenters. The predicted molar refractivity (Wildman–Crippen MR) is 109 cm³/mol. The molecule has 3 aromatic rings. The fraction of sp³-hybridized carbons (Fsp3) is 0.263. The highest BCUT2D eigenvalue weighted by Crippen LogP contribution is 2.22. The number of halogens is 1. The molecule has 1 aromatic carbocycles. The topological polar surface area (TPSA) is 136 Å². The lowest BCUT2D eigenvalue weighted by molar-refractivity contribution is -0.128. The van der Waals surface area contributed by atoms with Crippen LogP contribution < -0.4 is 11.0 Å². The van der Waals surface area contributed by atoms with Crippen LogP contribution in [0.15, 0.2) is 47.5 Å². The van der Waals surface area contributed by atoms with Gasteiger partial charge in [0.05, 0.1) is 17.6 Å². The lowest BCUT2D eigenvalue weighted by Gasteiger charge is -2.14. The second-order valence-corrected chi connectivity index (χ2v) is 9.20. The smallest absolute Gasteiger partial charge is 0.261 e. The summed E-state index contributed by atoms with van der Waals surface area (Å²) in [6.45, 7) is 1.57. The van der Waals surface area contributed by atoms with Crippen LogP contribution in [0.25, 0.3) is 16.8 Å². The number of pyridine rings is 1. The van der Waals surface area contributed by atoms with Crippen LogP contribution in [0.5, 0.6) is 0 Å². The maximum atomic E-state index is 14.7. The summed E-state index contributed by atoms with van der Waals surface area (Å²) in [5.41, 5.74) is 2.67. The molecule has 0 saturated heterocycles. The van der Waals surface area contributed by atoms with Crippen molar-refractivity contribution in [1.82, 2.24) is 25.0 Å². The van der Waals surface area contributed by atoms with Crippen molar-refractivity contribution in [3.05, 3.63) is 64.6 Å². The van der Waals surface area contributed by atoms with E-state index in [9.17, 15) is 22.4 Å². The Bertz CT molecular complexity index is 1270. The average molecular weight is 449 g/mol. The highest BCUT2D eigenvalue weighted by molar-refractivity contribution is 7.92. The molecular formula is C19H20FN5O5S. The number of aryl methyl sites for hydroxylation is 2. The number of hydrogen-bond acceptors (Lipinski definition) is 7. The van der Waals surface area contributed by atoms with Crippen molar-refractivity contribution in [2.75, 3.05) is 6.26 Å². The number of hydroxylamine groups is 1. The van der Waals surface area contributed by atoms with E-state index in [1.807, 2.05) is 0 Å². The van der Waals surface area contributed by atoms with Gasteiger partial charge in [-0.1, -0.05) is 12.1 Å². The Labute approximate surface area is 176 Å². The lowest BCUT2D eigenvalue weighted by Crippen LogP contribution is -2.39. The number of carbonyl (C=O) groups excluding carboxylic acids is 1. The average Bonchev–Trinajstić information content (AvgIpc) is 3.15. The van der Waals surface area contributed by atoms with E-state index in [-0.39, 0.29) is 18.5 Å². The van der Waals surface area contributed by atoms with E-state index < -0.39 is 32.4 Å². The Morgan fingerprint density at radius 1 is 1.29 bits per heavy atom. The first-order valence-electron chi connectivity index (χ1n) is 9.12. The van der Waals surface area contributed by atoms with Gasteiger partial charge in [-0.3, -0.25) is 14.8 Å². The van der Waals surface area contributed by atoms with Crippen molar-refractivity contribution in [3.63, 3.8) is 0 Å². The third-order valence-corrected chi connectivity index (χ3v) is 6.13. The second-order valence-electron chi connectivity index (χ2n) is 6.97. The Hall–Kier alpha value is -3.38. The van der Waals surface area contributed by atoms with Gasteiger partial charge in [0, 0.05) is 30.6 Å². The minimum Gasteiger partial charge on any atom is -0.312 e. The van der Waals surface area contributed by atoms with Crippen molar-refractivity contribution < 1.29 is 22.8 Å². The van der Waals surface area contributed by atoms with Gasteiger partial charge in [-0.15, -0.1) is 0 Å². The van der Waals surface area contributed by atoms with Crippen LogP contribution in [0, 0.1) is 12.7 Å². The fourth-order valence-corrected chi connectivity index (χ4v) is 4.02. The van der Waals surface area contributed by atoms with E-state index in [1.165, 1.54) is 10.3 Å². The van der Waals surface area contributed by atoms with Crippen LogP contribution >= 0.6 is 0 Å². The molecule has 0 aliphatic heterocycles. The van der Waals surface area contributed by atoms with Gasteiger partial charge < -0.3 is 4.57 Å². The first-order valence-corrected chi connectivity index (χ1v) is 11.1. The summed E-state index contributed by atoms with van der Waals surface area (Å²) < 4.78 is 39.1. The summed E-state index contributed by atoms with van der Waals surface area (Å²) in [6, 6.07) is 7.72. The number of sulfone groups is 1. The normalized spacial score (nSPS) is 12.5. The summed E-state index contributed by atoms with van der Waals surface area (Å²) in [5.74, 6) is -1.81. The van der Waals surface area contributed by atoms with Gasteiger partial charge in [-0.25, -0.2) is 18.3 Å². The van der Waals surface area contributed by atoms with Crippen molar-refractivity contribution in [2.24, 2.45) is 0 Å². The molecule has 0 bridgehead atoms. The molecule has 2 N–H and O–H groups in total. The number of carbonyl (C=O) groups is 1. The van der Waals surface area contributed by atoms with E-state index in [1.54, 1.807) is 37.4 Å². The molecule has 0 aliphatic carbocycles. The molecule has 2 aromatic heterocycles. The molecule has 0 unspecified atom stereocenters. The molecule has 0 radical (unpaired) electrons. The second kappa shape index (κ2) is 8.78. The van der Waals surface area contributed by atoms with E-state index in [4.69, 9.17) is 5.21 Å². The van der Waals surface area contributed by atoms with Gasteiger partial charge in [0.15, 0.2) is 9.84 Å². The number of amides is 1. The summed E-state index contributed by atoms with van der Waals surface area (Å²) in [7, 11) is -3.84. The Balaban J connectivity index is 1.83. The third kappa shape index (κ3) is 5.03. The largest absolute Gasteiger partial charge is 0.312 e. The highest BCUT2D eigenvalue weighted by Gasteiger charge is 2.28. The number of rotatable bonds is 7. The lowest BCUT2D eigenvalue weighted by atomic mass is 10.1. The molecule has 31 heavy (non-hydrogen) atoms. The number of benzene rings is 1. The zero-order valence-electron chi connectivity index (χ0n) is 16.7. The Kier molecular flexibility index (Phi) is 6.32. The van der Waals surface area contributed by atoms with Crippen LogP contribution in [0.3, 0.4) is 0 Å². The Morgan fingerprint density at radius 2 is 1.97 bits per heavy atom. The maximum absolute atomic E-state index is 14.7. The quantitative estimate of drug-likeness (QED) is 0.403. The summed E-state index contributed by atoms with van der Waals surface area (Å²) >= 11 is 0.